The Morgan fingerprint density at radius 3 is 2.75 bits per heavy atom. The van der Waals surface area contributed by atoms with E-state index in [-0.39, 0.29) is 5.91 Å². The van der Waals surface area contributed by atoms with Crippen molar-refractivity contribution in [3.8, 4) is 17.2 Å². The number of carbonyl (C=O) groups excluding carboxylic acids is 1. The lowest BCUT2D eigenvalue weighted by Crippen LogP contribution is -2.12. The van der Waals surface area contributed by atoms with Gasteiger partial charge in [0.15, 0.2) is 11.5 Å². The predicted octanol–water partition coefficient (Wildman–Crippen LogP) is 3.43. The molecule has 1 heterocycles. The number of hydrogen-bond acceptors (Lipinski definition) is 4. The van der Waals surface area contributed by atoms with Gasteiger partial charge in [-0.15, -0.1) is 0 Å². The van der Waals surface area contributed by atoms with E-state index in [9.17, 15) is 4.79 Å². The first-order valence-electron chi connectivity index (χ1n) is 8.07. The summed E-state index contributed by atoms with van der Waals surface area (Å²) in [6, 6.07) is 13.2. The average Bonchev–Trinajstić information content (AvgIpc) is 2.85. The maximum Gasteiger partial charge on any atom is 0.224 e. The van der Waals surface area contributed by atoms with Gasteiger partial charge in [0.2, 0.25) is 5.91 Å². The fourth-order valence-electron chi connectivity index (χ4n) is 2.62. The van der Waals surface area contributed by atoms with Crippen molar-refractivity contribution in [2.75, 3.05) is 25.6 Å². The van der Waals surface area contributed by atoms with Gasteiger partial charge in [-0.05, 0) is 30.2 Å². The molecular formula is C19H21NO4. The van der Waals surface area contributed by atoms with E-state index in [2.05, 4.69) is 5.32 Å². The highest BCUT2D eigenvalue weighted by atomic mass is 16.5. The molecule has 0 spiro atoms. The second-order valence-corrected chi connectivity index (χ2v) is 5.57. The van der Waals surface area contributed by atoms with E-state index >= 15 is 0 Å². The number of methoxy groups -OCH3 is 1. The number of ether oxygens (including phenoxy) is 3. The smallest absolute Gasteiger partial charge is 0.224 e. The third kappa shape index (κ3) is 3.98. The van der Waals surface area contributed by atoms with Crippen LogP contribution in [0.3, 0.4) is 0 Å². The van der Waals surface area contributed by atoms with Crippen LogP contribution in [-0.2, 0) is 11.2 Å². The van der Waals surface area contributed by atoms with Crippen LogP contribution in [0.1, 0.15) is 18.4 Å². The van der Waals surface area contributed by atoms with E-state index in [1.165, 1.54) is 0 Å². The Morgan fingerprint density at radius 1 is 1.12 bits per heavy atom. The standard InChI is InChI=1S/C19H21NO4/c1-22-16-6-3-2-5-14(16)7-10-19(21)20-15-8-9-17-18(13-15)24-12-4-11-23-17/h2-3,5-6,8-9,13H,4,7,10-12H2,1H3,(H,20,21). The molecule has 2 aromatic rings. The number of anilines is 1. The van der Waals surface area contributed by atoms with Crippen molar-refractivity contribution in [2.24, 2.45) is 0 Å². The summed E-state index contributed by atoms with van der Waals surface area (Å²) in [6.45, 7) is 1.27. The summed E-state index contributed by atoms with van der Waals surface area (Å²) in [4.78, 5) is 12.2. The number of aryl methyl sites for hydroxylation is 1. The summed E-state index contributed by atoms with van der Waals surface area (Å²) in [5.74, 6) is 2.16. The SMILES string of the molecule is COc1ccccc1CCC(=O)Nc1ccc2c(c1)OCCCO2. The van der Waals surface area contributed by atoms with Crippen molar-refractivity contribution < 1.29 is 19.0 Å². The summed E-state index contributed by atoms with van der Waals surface area (Å²) in [7, 11) is 1.64. The van der Waals surface area contributed by atoms with Crippen molar-refractivity contribution >= 4 is 11.6 Å². The minimum atomic E-state index is -0.0459. The van der Waals surface area contributed by atoms with E-state index in [1.807, 2.05) is 42.5 Å². The lowest BCUT2D eigenvalue weighted by molar-refractivity contribution is -0.116. The van der Waals surface area contributed by atoms with Crippen LogP contribution in [0.15, 0.2) is 42.5 Å². The Labute approximate surface area is 141 Å². The number of benzene rings is 2. The molecule has 0 unspecified atom stereocenters. The van der Waals surface area contributed by atoms with Gasteiger partial charge < -0.3 is 19.5 Å². The van der Waals surface area contributed by atoms with Gasteiger partial charge in [-0.2, -0.15) is 0 Å². The van der Waals surface area contributed by atoms with E-state index < -0.39 is 0 Å². The van der Waals surface area contributed by atoms with Gasteiger partial charge in [-0.3, -0.25) is 4.79 Å². The highest BCUT2D eigenvalue weighted by molar-refractivity contribution is 5.91. The molecule has 0 aliphatic carbocycles. The number of hydrogen-bond donors (Lipinski definition) is 1. The quantitative estimate of drug-likeness (QED) is 0.914. The van der Waals surface area contributed by atoms with Gasteiger partial charge >= 0.3 is 0 Å². The molecule has 0 atom stereocenters. The molecule has 0 bridgehead atoms. The van der Waals surface area contributed by atoms with Crippen LogP contribution in [0.25, 0.3) is 0 Å². The molecular weight excluding hydrogens is 306 g/mol. The molecule has 0 fully saturated rings. The van der Waals surface area contributed by atoms with E-state index in [1.54, 1.807) is 7.11 Å². The van der Waals surface area contributed by atoms with E-state index in [4.69, 9.17) is 14.2 Å². The highest BCUT2D eigenvalue weighted by Gasteiger charge is 2.12. The molecule has 24 heavy (non-hydrogen) atoms. The van der Waals surface area contributed by atoms with Gasteiger partial charge in [0.1, 0.15) is 5.75 Å². The molecule has 5 heteroatoms. The van der Waals surface area contributed by atoms with Gasteiger partial charge in [0, 0.05) is 24.6 Å². The Kier molecular flexibility index (Phi) is 5.21. The molecule has 0 radical (unpaired) electrons. The maximum absolute atomic E-state index is 12.2. The van der Waals surface area contributed by atoms with Crippen molar-refractivity contribution in [1.82, 2.24) is 0 Å². The average molecular weight is 327 g/mol. The molecule has 126 valence electrons. The molecule has 2 aromatic carbocycles. The summed E-state index contributed by atoms with van der Waals surface area (Å²) in [6.07, 6.45) is 1.87. The number of rotatable bonds is 5. The van der Waals surface area contributed by atoms with Crippen molar-refractivity contribution in [2.45, 2.75) is 19.3 Å². The topological polar surface area (TPSA) is 56.8 Å². The fraction of sp³-hybridized carbons (Fsp3) is 0.316. The van der Waals surface area contributed by atoms with Gasteiger partial charge in [0.05, 0.1) is 20.3 Å². The molecule has 1 aliphatic heterocycles. The zero-order valence-electron chi connectivity index (χ0n) is 13.7. The molecule has 3 rings (SSSR count). The van der Waals surface area contributed by atoms with Crippen LogP contribution in [0, 0.1) is 0 Å². The molecule has 0 saturated heterocycles. The summed E-state index contributed by atoms with van der Waals surface area (Å²) in [5, 5.41) is 2.90. The molecule has 0 saturated carbocycles. The normalized spacial score (nSPS) is 13.0. The maximum atomic E-state index is 12.2. The summed E-state index contributed by atoms with van der Waals surface area (Å²) in [5.41, 5.74) is 1.73. The Balaban J connectivity index is 1.60. The molecule has 5 nitrogen and oxygen atoms in total. The van der Waals surface area contributed by atoms with Crippen LogP contribution < -0.4 is 19.5 Å². The van der Waals surface area contributed by atoms with E-state index in [0.29, 0.717) is 37.5 Å². The van der Waals surface area contributed by atoms with Crippen molar-refractivity contribution in [3.05, 3.63) is 48.0 Å². The van der Waals surface area contributed by atoms with Crippen LogP contribution in [0.5, 0.6) is 17.2 Å². The third-order valence-electron chi connectivity index (χ3n) is 3.85. The van der Waals surface area contributed by atoms with Crippen molar-refractivity contribution in [3.63, 3.8) is 0 Å². The highest BCUT2D eigenvalue weighted by Crippen LogP contribution is 2.32. The summed E-state index contributed by atoms with van der Waals surface area (Å²) >= 11 is 0. The van der Waals surface area contributed by atoms with Crippen LogP contribution in [0.4, 0.5) is 5.69 Å². The van der Waals surface area contributed by atoms with Gasteiger partial charge in [0.25, 0.3) is 0 Å². The zero-order chi connectivity index (χ0) is 16.8. The number of carbonyl (C=O) groups is 1. The number of para-hydroxylation sites is 1. The van der Waals surface area contributed by atoms with Gasteiger partial charge in [-0.25, -0.2) is 0 Å². The Morgan fingerprint density at radius 2 is 1.92 bits per heavy atom. The lowest BCUT2D eigenvalue weighted by atomic mass is 10.1. The van der Waals surface area contributed by atoms with E-state index in [0.717, 1.165) is 23.5 Å². The zero-order valence-corrected chi connectivity index (χ0v) is 13.7. The number of nitrogens with one attached hydrogen (secondary N) is 1. The fourth-order valence-corrected chi connectivity index (χ4v) is 2.62. The first kappa shape index (κ1) is 16.2. The summed E-state index contributed by atoms with van der Waals surface area (Å²) < 4.78 is 16.5. The van der Waals surface area contributed by atoms with Gasteiger partial charge in [-0.1, -0.05) is 18.2 Å². The predicted molar refractivity (Wildman–Crippen MR) is 92.0 cm³/mol. The first-order chi connectivity index (χ1) is 11.8. The first-order valence-corrected chi connectivity index (χ1v) is 8.07. The lowest BCUT2D eigenvalue weighted by Gasteiger charge is -2.11. The van der Waals surface area contributed by atoms with Crippen molar-refractivity contribution in [1.29, 1.82) is 0 Å². The Bertz CT molecular complexity index is 714. The minimum absolute atomic E-state index is 0.0459. The molecule has 0 aromatic heterocycles. The third-order valence-corrected chi connectivity index (χ3v) is 3.85. The monoisotopic (exact) mass is 327 g/mol. The second kappa shape index (κ2) is 7.73. The van der Waals surface area contributed by atoms with Crippen LogP contribution in [-0.4, -0.2) is 26.2 Å². The minimum Gasteiger partial charge on any atom is -0.496 e. The molecule has 1 N–H and O–H groups in total. The second-order valence-electron chi connectivity index (χ2n) is 5.57. The molecule has 1 aliphatic rings. The molecule has 1 amide bonds. The van der Waals surface area contributed by atoms with Crippen LogP contribution in [0.2, 0.25) is 0 Å². The van der Waals surface area contributed by atoms with Crippen LogP contribution >= 0.6 is 0 Å². The number of amides is 1. The largest absolute Gasteiger partial charge is 0.496 e. The Hall–Kier alpha value is -2.69. The number of fused-ring (bicyclic) bond motifs is 1.